The van der Waals surface area contributed by atoms with Crippen LogP contribution in [0.1, 0.15) is 49.3 Å². The Morgan fingerprint density at radius 3 is 2.87 bits per heavy atom. The normalized spacial score (nSPS) is 16.8. The first-order valence-electron chi connectivity index (χ1n) is 5.75. The van der Waals surface area contributed by atoms with E-state index in [1.54, 1.807) is 0 Å². The van der Waals surface area contributed by atoms with Gasteiger partial charge in [0.05, 0.1) is 5.69 Å². The number of nitrogens with zero attached hydrogens (tertiary/aromatic N) is 2. The molecular formula is C12H17N3. The summed E-state index contributed by atoms with van der Waals surface area (Å²) in [5, 5.41) is 8.89. The van der Waals surface area contributed by atoms with Crippen LogP contribution in [0.15, 0.2) is 0 Å². The number of nitriles is 1. The van der Waals surface area contributed by atoms with Crippen LogP contribution in [0.3, 0.4) is 0 Å². The van der Waals surface area contributed by atoms with Crippen molar-refractivity contribution in [2.24, 2.45) is 5.92 Å². The van der Waals surface area contributed by atoms with Gasteiger partial charge in [0.1, 0.15) is 11.9 Å². The number of aromatic amines is 1. The molecule has 3 nitrogen and oxygen atoms in total. The monoisotopic (exact) mass is 203 g/mol. The summed E-state index contributed by atoms with van der Waals surface area (Å²) in [4.78, 5) is 7.34. The largest absolute Gasteiger partial charge is 0.345 e. The van der Waals surface area contributed by atoms with Crippen molar-refractivity contribution in [3.63, 3.8) is 0 Å². The van der Waals surface area contributed by atoms with Gasteiger partial charge in [0.2, 0.25) is 0 Å². The van der Waals surface area contributed by atoms with Crippen molar-refractivity contribution in [3.05, 3.63) is 17.2 Å². The molecule has 1 N–H and O–H groups in total. The summed E-state index contributed by atoms with van der Waals surface area (Å²) < 4.78 is 0. The van der Waals surface area contributed by atoms with Gasteiger partial charge in [-0.05, 0) is 25.7 Å². The van der Waals surface area contributed by atoms with E-state index in [0.717, 1.165) is 23.9 Å². The minimum Gasteiger partial charge on any atom is -0.345 e. The molecule has 0 bridgehead atoms. The Morgan fingerprint density at radius 2 is 2.20 bits per heavy atom. The summed E-state index contributed by atoms with van der Waals surface area (Å²) in [6, 6.07) is 2.15. The van der Waals surface area contributed by atoms with Gasteiger partial charge in [-0.3, -0.25) is 0 Å². The first-order chi connectivity index (χ1) is 7.29. The third-order valence-electron chi connectivity index (χ3n) is 3.28. The van der Waals surface area contributed by atoms with Gasteiger partial charge in [-0.15, -0.1) is 0 Å². The zero-order valence-electron chi connectivity index (χ0n) is 9.21. The number of aryl methyl sites for hydroxylation is 2. The van der Waals surface area contributed by atoms with E-state index in [4.69, 9.17) is 5.26 Å². The molecule has 80 valence electrons. The third-order valence-corrected chi connectivity index (χ3v) is 3.28. The highest BCUT2D eigenvalue weighted by atomic mass is 14.9. The van der Waals surface area contributed by atoms with E-state index in [-0.39, 0.29) is 0 Å². The molecule has 2 rings (SSSR count). The van der Waals surface area contributed by atoms with Crippen molar-refractivity contribution in [1.29, 1.82) is 5.26 Å². The number of aromatic nitrogens is 2. The van der Waals surface area contributed by atoms with Crippen LogP contribution in [-0.4, -0.2) is 9.97 Å². The van der Waals surface area contributed by atoms with Crippen LogP contribution in [0.25, 0.3) is 0 Å². The Balaban J connectivity index is 1.95. The van der Waals surface area contributed by atoms with E-state index < -0.39 is 0 Å². The molecule has 1 fully saturated rings. The molecule has 0 aliphatic heterocycles. The molecule has 3 heteroatoms. The standard InChI is InChI=1S/C12H17N3/c1-9-14-11(12(8-13)15-9)7-6-10-4-2-3-5-10/h10H,2-7H2,1H3,(H,14,15). The van der Waals surface area contributed by atoms with E-state index in [1.165, 1.54) is 32.1 Å². The van der Waals surface area contributed by atoms with Crippen LogP contribution in [0.5, 0.6) is 0 Å². The molecule has 1 aromatic heterocycles. The fourth-order valence-electron chi connectivity index (χ4n) is 2.46. The fourth-order valence-corrected chi connectivity index (χ4v) is 2.46. The highest BCUT2D eigenvalue weighted by Crippen LogP contribution is 2.28. The summed E-state index contributed by atoms with van der Waals surface area (Å²) in [6.07, 6.45) is 7.70. The highest BCUT2D eigenvalue weighted by molar-refractivity contribution is 5.27. The average molecular weight is 203 g/mol. The van der Waals surface area contributed by atoms with Gasteiger partial charge in [-0.1, -0.05) is 25.7 Å². The molecule has 1 heterocycles. The number of hydrogen-bond acceptors (Lipinski definition) is 2. The third kappa shape index (κ3) is 2.38. The summed E-state index contributed by atoms with van der Waals surface area (Å²) in [5.74, 6) is 1.73. The van der Waals surface area contributed by atoms with Gasteiger partial charge in [0, 0.05) is 0 Å². The molecule has 0 spiro atoms. The maximum atomic E-state index is 8.89. The van der Waals surface area contributed by atoms with E-state index in [1.807, 2.05) is 6.92 Å². The number of H-pyrrole nitrogens is 1. The summed E-state index contributed by atoms with van der Waals surface area (Å²) in [5.41, 5.74) is 1.62. The van der Waals surface area contributed by atoms with Crippen molar-refractivity contribution in [2.75, 3.05) is 0 Å². The van der Waals surface area contributed by atoms with Gasteiger partial charge in [-0.25, -0.2) is 4.98 Å². The van der Waals surface area contributed by atoms with E-state index in [9.17, 15) is 0 Å². The summed E-state index contributed by atoms with van der Waals surface area (Å²) in [6.45, 7) is 1.90. The molecule has 0 amide bonds. The molecule has 0 aromatic carbocycles. The van der Waals surface area contributed by atoms with Gasteiger partial charge in [-0.2, -0.15) is 5.26 Å². The first-order valence-corrected chi connectivity index (χ1v) is 5.75. The Hall–Kier alpha value is -1.30. The Labute approximate surface area is 90.5 Å². The lowest BCUT2D eigenvalue weighted by Crippen LogP contribution is -1.98. The van der Waals surface area contributed by atoms with Crippen molar-refractivity contribution in [2.45, 2.75) is 45.4 Å². The number of hydrogen-bond donors (Lipinski definition) is 1. The predicted molar refractivity (Wildman–Crippen MR) is 58.3 cm³/mol. The molecule has 1 saturated carbocycles. The fraction of sp³-hybridized carbons (Fsp3) is 0.667. The van der Waals surface area contributed by atoms with Gasteiger partial charge < -0.3 is 4.98 Å². The Morgan fingerprint density at radius 1 is 1.47 bits per heavy atom. The summed E-state index contributed by atoms with van der Waals surface area (Å²) in [7, 11) is 0. The lowest BCUT2D eigenvalue weighted by Gasteiger charge is -2.06. The van der Waals surface area contributed by atoms with Crippen molar-refractivity contribution < 1.29 is 0 Å². The Kier molecular flexibility index (Phi) is 3.05. The topological polar surface area (TPSA) is 52.5 Å². The molecule has 1 aliphatic carbocycles. The number of rotatable bonds is 3. The maximum Gasteiger partial charge on any atom is 0.161 e. The average Bonchev–Trinajstić information content (AvgIpc) is 2.83. The smallest absolute Gasteiger partial charge is 0.161 e. The van der Waals surface area contributed by atoms with Crippen LogP contribution in [0.2, 0.25) is 0 Å². The second-order valence-corrected chi connectivity index (χ2v) is 4.45. The second-order valence-electron chi connectivity index (χ2n) is 4.45. The van der Waals surface area contributed by atoms with Crippen LogP contribution in [0, 0.1) is 24.2 Å². The highest BCUT2D eigenvalue weighted by Gasteiger charge is 2.16. The molecule has 1 aromatic rings. The van der Waals surface area contributed by atoms with Crippen LogP contribution < -0.4 is 0 Å². The second kappa shape index (κ2) is 4.48. The van der Waals surface area contributed by atoms with Crippen molar-refractivity contribution in [1.82, 2.24) is 9.97 Å². The molecule has 0 atom stereocenters. The lowest BCUT2D eigenvalue weighted by molar-refractivity contribution is 0.501. The van der Waals surface area contributed by atoms with Gasteiger partial charge in [0.15, 0.2) is 5.69 Å². The van der Waals surface area contributed by atoms with E-state index >= 15 is 0 Å². The minimum absolute atomic E-state index is 0.588. The predicted octanol–water partition coefficient (Wildman–Crippen LogP) is 2.71. The molecular weight excluding hydrogens is 186 g/mol. The zero-order chi connectivity index (χ0) is 10.7. The number of nitrogens with one attached hydrogen (secondary N) is 1. The minimum atomic E-state index is 0.588. The molecule has 1 aliphatic rings. The maximum absolute atomic E-state index is 8.89. The van der Waals surface area contributed by atoms with Crippen LogP contribution in [0.4, 0.5) is 0 Å². The van der Waals surface area contributed by atoms with Gasteiger partial charge in [0.25, 0.3) is 0 Å². The summed E-state index contributed by atoms with van der Waals surface area (Å²) >= 11 is 0. The first kappa shape index (κ1) is 10.2. The van der Waals surface area contributed by atoms with E-state index in [2.05, 4.69) is 16.0 Å². The Bertz CT molecular complexity index is 367. The SMILES string of the molecule is Cc1nc(C#N)c(CCC2CCCC2)[nH]1. The quantitative estimate of drug-likeness (QED) is 0.821. The van der Waals surface area contributed by atoms with Crippen LogP contribution >= 0.6 is 0 Å². The van der Waals surface area contributed by atoms with Gasteiger partial charge >= 0.3 is 0 Å². The lowest BCUT2D eigenvalue weighted by atomic mass is 10.0. The van der Waals surface area contributed by atoms with Crippen molar-refractivity contribution >= 4 is 0 Å². The molecule has 0 radical (unpaired) electrons. The van der Waals surface area contributed by atoms with Crippen LogP contribution in [-0.2, 0) is 6.42 Å². The zero-order valence-corrected chi connectivity index (χ0v) is 9.21. The van der Waals surface area contributed by atoms with Crippen molar-refractivity contribution in [3.8, 4) is 6.07 Å². The van der Waals surface area contributed by atoms with E-state index in [0.29, 0.717) is 5.69 Å². The molecule has 0 saturated heterocycles. The number of imidazole rings is 1. The molecule has 15 heavy (non-hydrogen) atoms. The molecule has 0 unspecified atom stereocenters.